The summed E-state index contributed by atoms with van der Waals surface area (Å²) in [5.74, 6) is 0. The third-order valence-corrected chi connectivity index (χ3v) is 2.16. The standard InChI is InChI=1S/C11H14N2O/c1-11(2,3)9-7-13(4)10(14)5-8(9)6-12/h5,7H,1-4H3. The number of nitrogens with zero attached hydrogens (tertiary/aromatic N) is 2. The highest BCUT2D eigenvalue weighted by molar-refractivity contribution is 5.39. The number of hydrogen-bond donors (Lipinski definition) is 0. The largest absolute Gasteiger partial charge is 0.318 e. The molecule has 0 fully saturated rings. The summed E-state index contributed by atoms with van der Waals surface area (Å²) in [5.41, 5.74) is 1.12. The Labute approximate surface area is 83.6 Å². The average Bonchev–Trinajstić information content (AvgIpc) is 2.07. The van der Waals surface area contributed by atoms with Crippen LogP contribution in [-0.2, 0) is 12.5 Å². The topological polar surface area (TPSA) is 45.8 Å². The molecule has 0 bridgehead atoms. The summed E-state index contributed by atoms with van der Waals surface area (Å²) in [6.45, 7) is 6.06. The van der Waals surface area contributed by atoms with E-state index in [0.717, 1.165) is 5.56 Å². The molecule has 0 spiro atoms. The molecule has 0 atom stereocenters. The van der Waals surface area contributed by atoms with Crippen LogP contribution in [0.15, 0.2) is 17.1 Å². The van der Waals surface area contributed by atoms with Gasteiger partial charge < -0.3 is 4.57 Å². The number of aromatic nitrogens is 1. The van der Waals surface area contributed by atoms with Gasteiger partial charge in [-0.15, -0.1) is 0 Å². The van der Waals surface area contributed by atoms with Crippen LogP contribution in [-0.4, -0.2) is 4.57 Å². The van der Waals surface area contributed by atoms with Crippen molar-refractivity contribution in [3.05, 3.63) is 33.7 Å². The molecule has 0 aliphatic rings. The lowest BCUT2D eigenvalue weighted by atomic mass is 9.85. The Hall–Kier alpha value is -1.56. The zero-order chi connectivity index (χ0) is 10.9. The molecular weight excluding hydrogens is 176 g/mol. The predicted molar refractivity (Wildman–Crippen MR) is 55.1 cm³/mol. The molecular formula is C11H14N2O. The lowest BCUT2D eigenvalue weighted by Gasteiger charge is -2.20. The number of aryl methyl sites for hydroxylation is 1. The van der Waals surface area contributed by atoms with Gasteiger partial charge in [-0.05, 0) is 11.0 Å². The summed E-state index contributed by atoms with van der Waals surface area (Å²) < 4.78 is 1.50. The van der Waals surface area contributed by atoms with E-state index in [1.54, 1.807) is 13.2 Å². The Kier molecular flexibility index (Phi) is 2.48. The van der Waals surface area contributed by atoms with Crippen LogP contribution in [0.1, 0.15) is 31.9 Å². The molecule has 1 rings (SSSR count). The fraction of sp³-hybridized carbons (Fsp3) is 0.455. The molecule has 1 aromatic heterocycles. The van der Waals surface area contributed by atoms with Gasteiger partial charge in [0, 0.05) is 19.3 Å². The van der Waals surface area contributed by atoms with Gasteiger partial charge in [0.15, 0.2) is 0 Å². The highest BCUT2D eigenvalue weighted by atomic mass is 16.1. The predicted octanol–water partition coefficient (Wildman–Crippen LogP) is 1.55. The van der Waals surface area contributed by atoms with Crippen molar-refractivity contribution >= 4 is 0 Å². The normalized spacial score (nSPS) is 11.1. The molecule has 74 valence electrons. The SMILES string of the molecule is Cn1cc(C(C)(C)C)c(C#N)cc1=O. The first-order valence-electron chi connectivity index (χ1n) is 4.47. The number of nitriles is 1. The quantitative estimate of drug-likeness (QED) is 0.623. The van der Waals surface area contributed by atoms with Crippen molar-refractivity contribution in [3.63, 3.8) is 0 Å². The van der Waals surface area contributed by atoms with Crippen molar-refractivity contribution in [2.75, 3.05) is 0 Å². The maximum atomic E-state index is 11.3. The lowest BCUT2D eigenvalue weighted by molar-refractivity contribution is 0.578. The van der Waals surface area contributed by atoms with Crippen molar-refractivity contribution in [1.29, 1.82) is 5.26 Å². The van der Waals surface area contributed by atoms with Crippen molar-refractivity contribution in [2.24, 2.45) is 7.05 Å². The Morgan fingerprint density at radius 1 is 1.43 bits per heavy atom. The summed E-state index contributed by atoms with van der Waals surface area (Å²) in [5, 5.41) is 8.90. The minimum atomic E-state index is -0.144. The zero-order valence-electron chi connectivity index (χ0n) is 8.96. The monoisotopic (exact) mass is 190 g/mol. The molecule has 0 radical (unpaired) electrons. The second-order valence-corrected chi connectivity index (χ2v) is 4.41. The van der Waals surface area contributed by atoms with Crippen LogP contribution in [0, 0.1) is 11.3 Å². The van der Waals surface area contributed by atoms with E-state index >= 15 is 0 Å². The Bertz CT molecular complexity index is 444. The molecule has 3 nitrogen and oxygen atoms in total. The van der Waals surface area contributed by atoms with E-state index in [1.807, 2.05) is 20.8 Å². The second-order valence-electron chi connectivity index (χ2n) is 4.41. The summed E-state index contributed by atoms with van der Waals surface area (Å²) in [6.07, 6.45) is 1.74. The van der Waals surface area contributed by atoms with Crippen LogP contribution < -0.4 is 5.56 Å². The molecule has 14 heavy (non-hydrogen) atoms. The number of hydrogen-bond acceptors (Lipinski definition) is 2. The van der Waals surface area contributed by atoms with E-state index in [4.69, 9.17) is 5.26 Å². The first kappa shape index (κ1) is 10.5. The van der Waals surface area contributed by atoms with Gasteiger partial charge >= 0.3 is 0 Å². The van der Waals surface area contributed by atoms with Crippen molar-refractivity contribution in [2.45, 2.75) is 26.2 Å². The fourth-order valence-electron chi connectivity index (χ4n) is 1.32. The molecule has 3 heteroatoms. The van der Waals surface area contributed by atoms with Crippen LogP contribution in [0.5, 0.6) is 0 Å². The van der Waals surface area contributed by atoms with Crippen molar-refractivity contribution in [3.8, 4) is 6.07 Å². The van der Waals surface area contributed by atoms with Crippen molar-refractivity contribution < 1.29 is 0 Å². The van der Waals surface area contributed by atoms with Gasteiger partial charge in [0.25, 0.3) is 5.56 Å². The van der Waals surface area contributed by atoms with E-state index in [1.165, 1.54) is 10.6 Å². The van der Waals surface area contributed by atoms with Crippen LogP contribution in [0.4, 0.5) is 0 Å². The molecule has 0 aliphatic heterocycles. The van der Waals surface area contributed by atoms with Gasteiger partial charge in [-0.1, -0.05) is 20.8 Å². The smallest absolute Gasteiger partial charge is 0.251 e. The Morgan fingerprint density at radius 2 is 2.00 bits per heavy atom. The van der Waals surface area contributed by atoms with Gasteiger partial charge in [-0.3, -0.25) is 4.79 Å². The van der Waals surface area contributed by atoms with Gasteiger partial charge in [0.05, 0.1) is 11.6 Å². The summed E-state index contributed by atoms with van der Waals surface area (Å²) >= 11 is 0. The maximum absolute atomic E-state index is 11.3. The molecule has 0 aliphatic carbocycles. The zero-order valence-corrected chi connectivity index (χ0v) is 8.96. The van der Waals surface area contributed by atoms with Crippen molar-refractivity contribution in [1.82, 2.24) is 4.57 Å². The molecule has 0 saturated carbocycles. The molecule has 1 heterocycles. The Morgan fingerprint density at radius 3 is 2.43 bits per heavy atom. The van der Waals surface area contributed by atoms with Crippen LogP contribution in [0.3, 0.4) is 0 Å². The van der Waals surface area contributed by atoms with E-state index in [9.17, 15) is 4.79 Å². The van der Waals surface area contributed by atoms with E-state index in [0.29, 0.717) is 5.56 Å². The van der Waals surface area contributed by atoms with E-state index in [-0.39, 0.29) is 11.0 Å². The Balaban J connectivity index is 3.53. The minimum absolute atomic E-state index is 0.115. The van der Waals surface area contributed by atoms with E-state index < -0.39 is 0 Å². The number of pyridine rings is 1. The lowest BCUT2D eigenvalue weighted by Crippen LogP contribution is -2.22. The van der Waals surface area contributed by atoms with Crippen LogP contribution in [0.2, 0.25) is 0 Å². The summed E-state index contributed by atoms with van der Waals surface area (Å²) in [6, 6.07) is 3.45. The molecule has 0 amide bonds. The van der Waals surface area contributed by atoms with Crippen LogP contribution >= 0.6 is 0 Å². The number of rotatable bonds is 0. The van der Waals surface area contributed by atoms with Gasteiger partial charge in [0.2, 0.25) is 0 Å². The molecule has 0 unspecified atom stereocenters. The first-order chi connectivity index (χ1) is 6.36. The summed E-state index contributed by atoms with van der Waals surface area (Å²) in [4.78, 5) is 11.3. The van der Waals surface area contributed by atoms with Gasteiger partial charge in [0.1, 0.15) is 0 Å². The molecule has 0 saturated heterocycles. The first-order valence-corrected chi connectivity index (χ1v) is 4.47. The fourth-order valence-corrected chi connectivity index (χ4v) is 1.32. The molecule has 0 aromatic carbocycles. The highest BCUT2D eigenvalue weighted by Gasteiger charge is 2.18. The molecule has 0 N–H and O–H groups in total. The molecule has 1 aromatic rings. The second kappa shape index (κ2) is 3.30. The third kappa shape index (κ3) is 1.85. The highest BCUT2D eigenvalue weighted by Crippen LogP contribution is 2.23. The van der Waals surface area contributed by atoms with Gasteiger partial charge in [-0.2, -0.15) is 5.26 Å². The average molecular weight is 190 g/mol. The third-order valence-electron chi connectivity index (χ3n) is 2.16. The minimum Gasteiger partial charge on any atom is -0.318 e. The maximum Gasteiger partial charge on any atom is 0.251 e. The van der Waals surface area contributed by atoms with E-state index in [2.05, 4.69) is 6.07 Å². The summed E-state index contributed by atoms with van der Waals surface area (Å²) in [7, 11) is 1.69. The van der Waals surface area contributed by atoms with Gasteiger partial charge in [-0.25, -0.2) is 0 Å². The van der Waals surface area contributed by atoms with Crippen LogP contribution in [0.25, 0.3) is 0 Å².